The van der Waals surface area contributed by atoms with E-state index < -0.39 is 5.91 Å². The van der Waals surface area contributed by atoms with E-state index in [9.17, 15) is 9.90 Å². The van der Waals surface area contributed by atoms with Gasteiger partial charge in [-0.15, -0.1) is 0 Å². The lowest BCUT2D eigenvalue weighted by Gasteiger charge is -2.48. The van der Waals surface area contributed by atoms with Crippen LogP contribution in [0.1, 0.15) is 53.8 Å². The van der Waals surface area contributed by atoms with Gasteiger partial charge in [0.1, 0.15) is 0 Å². The molecule has 0 spiro atoms. The van der Waals surface area contributed by atoms with Gasteiger partial charge in [-0.1, -0.05) is 48.4 Å². The highest BCUT2D eigenvalue weighted by Crippen LogP contribution is 2.31. The molecule has 2 aliphatic rings. The molecule has 2 aliphatic heterocycles. The van der Waals surface area contributed by atoms with Crippen molar-refractivity contribution in [3.05, 3.63) is 46.2 Å². The van der Waals surface area contributed by atoms with Crippen molar-refractivity contribution >= 4 is 29.1 Å². The van der Waals surface area contributed by atoms with Crippen LogP contribution in [0.3, 0.4) is 0 Å². The number of rotatable bonds is 9. The van der Waals surface area contributed by atoms with E-state index in [1.807, 2.05) is 0 Å². The predicted molar refractivity (Wildman–Crippen MR) is 149 cm³/mol. The maximum absolute atomic E-state index is 12.3. The lowest BCUT2D eigenvalue weighted by molar-refractivity contribution is 0.0356. The Morgan fingerprint density at radius 2 is 1.87 bits per heavy atom. The number of nitrogens with one attached hydrogen (secondary N) is 1. The molecule has 2 saturated heterocycles. The summed E-state index contributed by atoms with van der Waals surface area (Å²) in [5.41, 5.74) is 8.43. The molecule has 0 saturated carbocycles. The topological polar surface area (TPSA) is 131 Å². The first-order valence-electron chi connectivity index (χ1n) is 13.5. The Bertz CT molecular complexity index is 1080. The maximum Gasteiger partial charge on any atom is 0.273 e. The molecule has 0 aliphatic carbocycles. The summed E-state index contributed by atoms with van der Waals surface area (Å²) in [4.78, 5) is 28.1. The van der Waals surface area contributed by atoms with Gasteiger partial charge < -0.3 is 26.2 Å². The number of halogens is 1. The molecule has 2 fully saturated rings. The lowest BCUT2D eigenvalue weighted by Crippen LogP contribution is -2.58. The van der Waals surface area contributed by atoms with Crippen LogP contribution in [0.2, 0.25) is 5.15 Å². The van der Waals surface area contributed by atoms with E-state index in [2.05, 4.69) is 68.1 Å². The number of likely N-dealkylation sites (tertiary alicyclic amines) is 1. The van der Waals surface area contributed by atoms with E-state index in [1.165, 1.54) is 11.1 Å². The second kappa shape index (κ2) is 13.0. The number of nitrogens with two attached hydrogens (primary N) is 1. The molecule has 0 radical (unpaired) electrons. The number of aliphatic hydroxyl groups is 2. The summed E-state index contributed by atoms with van der Waals surface area (Å²) in [5.74, 6) is 0.0142. The number of carbonyl (C=O) groups is 1. The van der Waals surface area contributed by atoms with Crippen LogP contribution in [-0.4, -0.2) is 100 Å². The van der Waals surface area contributed by atoms with Crippen molar-refractivity contribution < 1.29 is 15.0 Å². The van der Waals surface area contributed by atoms with Crippen LogP contribution in [0.25, 0.3) is 0 Å². The van der Waals surface area contributed by atoms with Gasteiger partial charge in [-0.3, -0.25) is 14.6 Å². The van der Waals surface area contributed by atoms with Crippen LogP contribution >= 0.6 is 11.6 Å². The number of hydrogen-bond acceptors (Lipinski definition) is 9. The van der Waals surface area contributed by atoms with Gasteiger partial charge in [0.05, 0.1) is 19.3 Å². The SMILES string of the molecule is CC[C@H]1CN(c2nc(N)c(C(=O)NCCO)nc2Cl)CCN1C1CCN([C@@H](CO)c2ccc(C)cc2)CC1. The molecule has 5 N–H and O–H groups in total. The molecule has 10 nitrogen and oxygen atoms in total. The zero-order valence-corrected chi connectivity index (χ0v) is 23.1. The van der Waals surface area contributed by atoms with Crippen LogP contribution < -0.4 is 16.0 Å². The molecular formula is C27H40ClN7O3. The van der Waals surface area contributed by atoms with E-state index >= 15 is 0 Å². The van der Waals surface area contributed by atoms with Gasteiger partial charge in [-0.2, -0.15) is 0 Å². The molecule has 0 bridgehead atoms. The fourth-order valence-electron chi connectivity index (χ4n) is 5.70. The summed E-state index contributed by atoms with van der Waals surface area (Å²) in [6, 6.07) is 9.33. The molecule has 3 heterocycles. The zero-order chi connectivity index (χ0) is 27.2. The number of aromatic nitrogens is 2. The van der Waals surface area contributed by atoms with Crippen molar-refractivity contribution in [2.75, 3.05) is 63.1 Å². The lowest BCUT2D eigenvalue weighted by atomic mass is 9.95. The van der Waals surface area contributed by atoms with Gasteiger partial charge in [-0.05, 0) is 31.7 Å². The largest absolute Gasteiger partial charge is 0.395 e. The Morgan fingerprint density at radius 3 is 2.50 bits per heavy atom. The molecular weight excluding hydrogens is 506 g/mol. The minimum Gasteiger partial charge on any atom is -0.395 e. The Kier molecular flexibility index (Phi) is 9.78. The quantitative estimate of drug-likeness (QED) is 0.373. The number of piperazine rings is 1. The number of piperidine rings is 1. The average molecular weight is 546 g/mol. The smallest absolute Gasteiger partial charge is 0.273 e. The van der Waals surface area contributed by atoms with Crippen LogP contribution in [0.15, 0.2) is 24.3 Å². The van der Waals surface area contributed by atoms with Crippen LogP contribution in [0, 0.1) is 6.92 Å². The van der Waals surface area contributed by atoms with Crippen molar-refractivity contribution in [3.63, 3.8) is 0 Å². The molecule has 38 heavy (non-hydrogen) atoms. The minimum absolute atomic E-state index is 0.0229. The van der Waals surface area contributed by atoms with Crippen molar-refractivity contribution in [2.24, 2.45) is 0 Å². The molecule has 4 rings (SSSR count). The third kappa shape index (κ3) is 6.38. The van der Waals surface area contributed by atoms with E-state index in [0.29, 0.717) is 17.9 Å². The number of nitrogen functional groups attached to an aromatic ring is 1. The molecule has 1 amide bonds. The third-order valence-electron chi connectivity index (χ3n) is 7.82. The summed E-state index contributed by atoms with van der Waals surface area (Å²) in [7, 11) is 0. The normalized spacial score (nSPS) is 20.4. The Labute approximate surface area is 229 Å². The summed E-state index contributed by atoms with van der Waals surface area (Å²) < 4.78 is 0. The van der Waals surface area contributed by atoms with Crippen molar-refractivity contribution in [1.29, 1.82) is 0 Å². The predicted octanol–water partition coefficient (Wildman–Crippen LogP) is 1.84. The Morgan fingerprint density at radius 1 is 1.16 bits per heavy atom. The van der Waals surface area contributed by atoms with Crippen molar-refractivity contribution in [3.8, 4) is 0 Å². The third-order valence-corrected chi connectivity index (χ3v) is 8.07. The van der Waals surface area contributed by atoms with Crippen molar-refractivity contribution in [2.45, 2.75) is 51.2 Å². The second-order valence-electron chi connectivity index (χ2n) is 10.2. The Hall–Kier alpha value is -2.50. The molecule has 2 aromatic rings. The van der Waals surface area contributed by atoms with Crippen molar-refractivity contribution in [1.82, 2.24) is 25.1 Å². The standard InChI is InChI=1S/C27H40ClN7O3/c1-3-20-16-34(26-24(28)31-23(25(29)32-26)27(38)30-10-15-36)13-14-35(20)21-8-11-33(12-9-21)22(17-37)19-6-4-18(2)5-7-19/h4-7,20-22,36-37H,3,8-17H2,1-2H3,(H2,29,32)(H,30,38)/t20-,22-/m0/s1. The van der Waals surface area contributed by atoms with E-state index in [-0.39, 0.29) is 42.5 Å². The molecule has 208 valence electrons. The van der Waals surface area contributed by atoms with Gasteiger partial charge in [0.2, 0.25) is 0 Å². The number of hydrogen-bond donors (Lipinski definition) is 4. The van der Waals surface area contributed by atoms with Gasteiger partial charge in [0, 0.05) is 51.4 Å². The first-order valence-corrected chi connectivity index (χ1v) is 13.9. The van der Waals surface area contributed by atoms with E-state index in [0.717, 1.165) is 52.0 Å². The van der Waals surface area contributed by atoms with Gasteiger partial charge in [0.25, 0.3) is 5.91 Å². The van der Waals surface area contributed by atoms with Crippen LogP contribution in [0.5, 0.6) is 0 Å². The summed E-state index contributed by atoms with van der Waals surface area (Å²) in [6.45, 7) is 8.60. The molecule has 2 atom stereocenters. The highest BCUT2D eigenvalue weighted by molar-refractivity contribution is 6.32. The minimum atomic E-state index is -0.508. The number of benzene rings is 1. The molecule has 1 aromatic carbocycles. The zero-order valence-electron chi connectivity index (χ0n) is 22.3. The van der Waals surface area contributed by atoms with E-state index in [1.54, 1.807) is 0 Å². The van der Waals surface area contributed by atoms with Crippen LogP contribution in [0.4, 0.5) is 11.6 Å². The number of aryl methyl sites for hydroxylation is 1. The molecule has 1 aromatic heterocycles. The number of nitrogens with zero attached hydrogens (tertiary/aromatic N) is 5. The number of carbonyl (C=O) groups excluding carboxylic acids is 1. The first kappa shape index (κ1) is 28.5. The average Bonchev–Trinajstić information content (AvgIpc) is 2.94. The van der Waals surface area contributed by atoms with Crippen LogP contribution in [-0.2, 0) is 0 Å². The molecule has 11 heteroatoms. The van der Waals surface area contributed by atoms with Gasteiger partial charge in [0.15, 0.2) is 22.5 Å². The number of anilines is 2. The highest BCUT2D eigenvalue weighted by Gasteiger charge is 2.35. The monoisotopic (exact) mass is 545 g/mol. The Balaban J connectivity index is 1.38. The summed E-state index contributed by atoms with van der Waals surface area (Å²) in [6.07, 6.45) is 3.11. The number of amides is 1. The number of aliphatic hydroxyl groups excluding tert-OH is 2. The van der Waals surface area contributed by atoms with E-state index in [4.69, 9.17) is 22.4 Å². The summed E-state index contributed by atoms with van der Waals surface area (Å²) >= 11 is 6.47. The maximum atomic E-state index is 12.3. The van der Waals surface area contributed by atoms with Gasteiger partial charge >= 0.3 is 0 Å². The molecule has 0 unspecified atom stereocenters. The second-order valence-corrected chi connectivity index (χ2v) is 10.5. The van der Waals surface area contributed by atoms with Gasteiger partial charge in [-0.25, -0.2) is 9.97 Å². The fraction of sp³-hybridized carbons (Fsp3) is 0.593. The fourth-order valence-corrected chi connectivity index (χ4v) is 5.94. The first-order chi connectivity index (χ1) is 18.4. The highest BCUT2D eigenvalue weighted by atomic mass is 35.5. The summed E-state index contributed by atoms with van der Waals surface area (Å²) in [5, 5.41) is 21.8.